The van der Waals surface area contributed by atoms with Gasteiger partial charge in [0.15, 0.2) is 23.3 Å². The zero-order valence-corrected chi connectivity index (χ0v) is 16.6. The van der Waals surface area contributed by atoms with Crippen molar-refractivity contribution in [3.8, 4) is 11.7 Å². The summed E-state index contributed by atoms with van der Waals surface area (Å²) < 4.78 is 47.7. The van der Waals surface area contributed by atoms with Crippen LogP contribution in [0.1, 0.15) is 11.3 Å². The van der Waals surface area contributed by atoms with Crippen molar-refractivity contribution >= 4 is 28.6 Å². The Morgan fingerprint density at radius 2 is 1.81 bits per heavy atom. The molecule has 2 aromatic heterocycles. The van der Waals surface area contributed by atoms with E-state index >= 15 is 0 Å². The van der Waals surface area contributed by atoms with Crippen molar-refractivity contribution in [3.05, 3.63) is 65.1 Å². The molecule has 0 saturated carbocycles. The summed E-state index contributed by atoms with van der Waals surface area (Å²) in [5.41, 5.74) is 12.4. The van der Waals surface area contributed by atoms with E-state index in [9.17, 15) is 18.0 Å². The SMILES string of the molecule is CNC(=O)Oc1c(N)nc(-n2nc(Cc3cc(F)cc(F)c3F)c3ccccc32)nc1N. The number of rotatable bonds is 4. The topological polar surface area (TPSA) is 134 Å². The van der Waals surface area contributed by atoms with Crippen LogP contribution in [0.15, 0.2) is 36.4 Å². The number of nitrogen functional groups attached to an aromatic ring is 2. The Balaban J connectivity index is 1.81. The van der Waals surface area contributed by atoms with Gasteiger partial charge in [0.25, 0.3) is 5.95 Å². The number of nitrogens with zero attached hydrogens (tertiary/aromatic N) is 4. The predicted molar refractivity (Wildman–Crippen MR) is 110 cm³/mol. The number of nitrogens with one attached hydrogen (secondary N) is 1. The Bertz CT molecular complexity index is 1330. The molecule has 9 nitrogen and oxygen atoms in total. The number of halogens is 3. The maximum absolute atomic E-state index is 14.2. The molecule has 0 radical (unpaired) electrons. The highest BCUT2D eigenvalue weighted by Gasteiger charge is 2.20. The summed E-state index contributed by atoms with van der Waals surface area (Å²) in [7, 11) is 1.36. The zero-order chi connectivity index (χ0) is 23.0. The largest absolute Gasteiger partial charge is 0.412 e. The van der Waals surface area contributed by atoms with Gasteiger partial charge in [0.2, 0.25) is 5.75 Å². The number of carbonyl (C=O) groups excluding carboxylic acids is 1. The molecule has 2 aromatic carbocycles. The first-order valence-corrected chi connectivity index (χ1v) is 9.21. The summed E-state index contributed by atoms with van der Waals surface area (Å²) in [6.07, 6.45) is -1.01. The van der Waals surface area contributed by atoms with Crippen LogP contribution in [-0.4, -0.2) is 32.9 Å². The Hall–Kier alpha value is -4.35. The van der Waals surface area contributed by atoms with Crippen LogP contribution in [0.5, 0.6) is 5.75 Å². The van der Waals surface area contributed by atoms with Gasteiger partial charge >= 0.3 is 6.09 Å². The number of hydrogen-bond acceptors (Lipinski definition) is 7. The molecule has 0 aliphatic rings. The molecule has 0 aliphatic carbocycles. The van der Waals surface area contributed by atoms with E-state index in [1.165, 1.54) is 11.7 Å². The minimum absolute atomic E-state index is 0.0439. The van der Waals surface area contributed by atoms with E-state index < -0.39 is 23.5 Å². The first kappa shape index (κ1) is 20.9. The molecule has 0 atom stereocenters. The number of anilines is 2. The third-order valence-corrected chi connectivity index (χ3v) is 4.58. The zero-order valence-electron chi connectivity index (χ0n) is 16.6. The van der Waals surface area contributed by atoms with E-state index in [1.54, 1.807) is 24.3 Å². The van der Waals surface area contributed by atoms with Crippen molar-refractivity contribution in [1.29, 1.82) is 0 Å². The van der Waals surface area contributed by atoms with Crippen LogP contribution in [-0.2, 0) is 6.42 Å². The van der Waals surface area contributed by atoms with Gasteiger partial charge < -0.3 is 21.5 Å². The Labute approximate surface area is 178 Å². The third-order valence-electron chi connectivity index (χ3n) is 4.58. The van der Waals surface area contributed by atoms with Crippen LogP contribution in [0.25, 0.3) is 16.9 Å². The molecule has 4 aromatic rings. The van der Waals surface area contributed by atoms with E-state index in [-0.39, 0.29) is 35.3 Å². The molecule has 5 N–H and O–H groups in total. The van der Waals surface area contributed by atoms with Gasteiger partial charge in [0, 0.05) is 24.9 Å². The van der Waals surface area contributed by atoms with Crippen LogP contribution in [0, 0.1) is 17.5 Å². The van der Waals surface area contributed by atoms with Crippen LogP contribution in [0.4, 0.5) is 29.6 Å². The van der Waals surface area contributed by atoms with Crippen molar-refractivity contribution in [1.82, 2.24) is 25.1 Å². The van der Waals surface area contributed by atoms with Gasteiger partial charge in [-0.3, -0.25) is 0 Å². The molecule has 0 spiro atoms. The standard InChI is InChI=1S/C20H16F3N7O2/c1-26-20(31)32-16-17(24)27-19(28-18(16)25)30-14-5-3-2-4-11(14)13(29-30)7-9-6-10(21)8-12(22)15(9)23/h2-6,8H,7H2,1H3,(H,26,31)(H4,24,25,27,28). The number of ether oxygens (including phenoxy) is 1. The summed E-state index contributed by atoms with van der Waals surface area (Å²) in [4.78, 5) is 19.7. The number of aromatic nitrogens is 4. The number of fused-ring (bicyclic) bond motifs is 1. The summed E-state index contributed by atoms with van der Waals surface area (Å²) in [5.74, 6) is -4.05. The Morgan fingerprint density at radius 3 is 2.50 bits per heavy atom. The fourth-order valence-corrected chi connectivity index (χ4v) is 3.15. The second-order valence-electron chi connectivity index (χ2n) is 6.68. The Kier molecular flexibility index (Phi) is 5.26. The summed E-state index contributed by atoms with van der Waals surface area (Å²) in [6, 6.07) is 8.23. The molecule has 4 rings (SSSR count). The molecule has 0 fully saturated rings. The molecular formula is C20H16F3N7O2. The van der Waals surface area contributed by atoms with Gasteiger partial charge in [0.1, 0.15) is 5.82 Å². The number of para-hydroxylation sites is 1. The molecule has 164 valence electrons. The minimum Gasteiger partial charge on any atom is -0.402 e. The van der Waals surface area contributed by atoms with E-state index in [2.05, 4.69) is 20.4 Å². The second-order valence-corrected chi connectivity index (χ2v) is 6.68. The monoisotopic (exact) mass is 443 g/mol. The number of benzene rings is 2. The average molecular weight is 443 g/mol. The number of amides is 1. The fourth-order valence-electron chi connectivity index (χ4n) is 3.15. The molecule has 0 bridgehead atoms. The molecule has 0 aliphatic heterocycles. The van der Waals surface area contributed by atoms with Gasteiger partial charge in [-0.15, -0.1) is 0 Å². The summed E-state index contributed by atoms with van der Waals surface area (Å²) in [6.45, 7) is 0. The average Bonchev–Trinajstić information content (AvgIpc) is 3.12. The molecule has 1 amide bonds. The van der Waals surface area contributed by atoms with Crippen molar-refractivity contribution < 1.29 is 22.7 Å². The van der Waals surface area contributed by atoms with E-state index in [0.717, 1.165) is 6.07 Å². The van der Waals surface area contributed by atoms with E-state index in [1.807, 2.05) is 0 Å². The van der Waals surface area contributed by atoms with Crippen LogP contribution in [0.2, 0.25) is 0 Å². The number of nitrogens with two attached hydrogens (primary N) is 2. The van der Waals surface area contributed by atoms with Crippen LogP contribution >= 0.6 is 0 Å². The van der Waals surface area contributed by atoms with Crippen molar-refractivity contribution in [3.63, 3.8) is 0 Å². The van der Waals surface area contributed by atoms with Gasteiger partial charge in [-0.2, -0.15) is 19.7 Å². The maximum Gasteiger partial charge on any atom is 0.412 e. The van der Waals surface area contributed by atoms with Crippen molar-refractivity contribution in [2.45, 2.75) is 6.42 Å². The number of carbonyl (C=O) groups is 1. The highest BCUT2D eigenvalue weighted by atomic mass is 19.2. The quantitative estimate of drug-likeness (QED) is 0.413. The third kappa shape index (κ3) is 3.73. The molecular weight excluding hydrogens is 427 g/mol. The highest BCUT2D eigenvalue weighted by molar-refractivity contribution is 5.83. The van der Waals surface area contributed by atoms with Gasteiger partial charge in [-0.25, -0.2) is 18.0 Å². The minimum atomic E-state index is -1.29. The number of hydrogen-bond donors (Lipinski definition) is 3. The molecule has 12 heteroatoms. The molecule has 0 unspecified atom stereocenters. The molecule has 0 saturated heterocycles. The van der Waals surface area contributed by atoms with E-state index in [0.29, 0.717) is 22.7 Å². The summed E-state index contributed by atoms with van der Waals surface area (Å²) in [5, 5.41) is 7.21. The van der Waals surface area contributed by atoms with Gasteiger partial charge in [-0.1, -0.05) is 18.2 Å². The van der Waals surface area contributed by atoms with Crippen LogP contribution < -0.4 is 21.5 Å². The lowest BCUT2D eigenvalue weighted by Gasteiger charge is -2.10. The smallest absolute Gasteiger partial charge is 0.402 e. The first-order chi connectivity index (χ1) is 15.3. The van der Waals surface area contributed by atoms with E-state index in [4.69, 9.17) is 16.2 Å². The Morgan fingerprint density at radius 1 is 1.12 bits per heavy atom. The lowest BCUT2D eigenvalue weighted by Crippen LogP contribution is -2.24. The first-order valence-electron chi connectivity index (χ1n) is 9.21. The highest BCUT2D eigenvalue weighted by Crippen LogP contribution is 2.29. The lowest BCUT2D eigenvalue weighted by atomic mass is 10.1. The van der Waals surface area contributed by atoms with Crippen molar-refractivity contribution in [2.75, 3.05) is 18.5 Å². The lowest BCUT2D eigenvalue weighted by molar-refractivity contribution is 0.203. The summed E-state index contributed by atoms with van der Waals surface area (Å²) >= 11 is 0. The molecule has 32 heavy (non-hydrogen) atoms. The maximum atomic E-state index is 14.2. The van der Waals surface area contributed by atoms with Crippen LogP contribution in [0.3, 0.4) is 0 Å². The molecule has 2 heterocycles. The fraction of sp³-hybridized carbons (Fsp3) is 0.100. The van der Waals surface area contributed by atoms with Gasteiger partial charge in [0.05, 0.1) is 11.2 Å². The second kappa shape index (κ2) is 8.06. The van der Waals surface area contributed by atoms with Gasteiger partial charge in [-0.05, 0) is 17.7 Å². The van der Waals surface area contributed by atoms with Crippen molar-refractivity contribution in [2.24, 2.45) is 0 Å². The normalized spacial score (nSPS) is 11.0. The predicted octanol–water partition coefficient (Wildman–Crippen LogP) is 2.71.